The molecule has 0 N–H and O–H groups in total. The van der Waals surface area contributed by atoms with Crippen LogP contribution in [0.2, 0.25) is 0 Å². The van der Waals surface area contributed by atoms with Crippen LogP contribution in [0.1, 0.15) is 82.1 Å². The van der Waals surface area contributed by atoms with Crippen molar-refractivity contribution in [1.82, 2.24) is 0 Å². The summed E-state index contributed by atoms with van der Waals surface area (Å²) in [5, 5.41) is 0. The van der Waals surface area contributed by atoms with E-state index in [1.54, 1.807) is 5.92 Å². The van der Waals surface area contributed by atoms with E-state index in [9.17, 15) is 0 Å². The van der Waals surface area contributed by atoms with Gasteiger partial charge in [0, 0.05) is 5.41 Å². The van der Waals surface area contributed by atoms with Crippen molar-refractivity contribution in [3.8, 4) is 0 Å². The first-order valence-electron chi connectivity index (χ1n) is 7.12. The number of hydrogen-bond acceptors (Lipinski definition) is 0. The van der Waals surface area contributed by atoms with Crippen LogP contribution < -0.4 is 0 Å². The Hall–Kier alpha value is -0.130. The first-order chi connectivity index (χ1) is 7.33. The lowest BCUT2D eigenvalue weighted by Gasteiger charge is -2.53. The summed E-state index contributed by atoms with van der Waals surface area (Å²) >= 11 is 0. The Morgan fingerprint density at radius 3 is 1.35 bits per heavy atom. The van der Waals surface area contributed by atoms with E-state index in [0.717, 1.165) is 5.92 Å². The zero-order valence-corrected chi connectivity index (χ0v) is 14.0. The van der Waals surface area contributed by atoms with E-state index in [4.69, 9.17) is 0 Å². The summed E-state index contributed by atoms with van der Waals surface area (Å²) in [6.07, 6.45) is 2.56. The number of rotatable bonds is 4. The molecule has 0 aromatic heterocycles. The molecule has 0 aliphatic carbocycles. The van der Waals surface area contributed by atoms with Crippen molar-refractivity contribution in [3.05, 3.63) is 5.92 Å². The molecule has 17 heavy (non-hydrogen) atoms. The molecular formula is C17H35+. The van der Waals surface area contributed by atoms with Gasteiger partial charge in [0.05, 0.1) is 26.2 Å². The van der Waals surface area contributed by atoms with Crippen LogP contribution in [0.4, 0.5) is 0 Å². The van der Waals surface area contributed by atoms with Crippen LogP contribution in [-0.4, -0.2) is 0 Å². The van der Waals surface area contributed by atoms with Crippen LogP contribution in [0.3, 0.4) is 0 Å². The molecule has 0 amide bonds. The summed E-state index contributed by atoms with van der Waals surface area (Å²) in [5.41, 5.74) is 1.06. The topological polar surface area (TPSA) is 0 Å². The van der Waals surface area contributed by atoms with E-state index < -0.39 is 0 Å². The summed E-state index contributed by atoms with van der Waals surface area (Å²) in [7, 11) is 0. The first kappa shape index (κ1) is 16.9. The quantitative estimate of drug-likeness (QED) is 0.519. The summed E-state index contributed by atoms with van der Waals surface area (Å²) < 4.78 is 0. The van der Waals surface area contributed by atoms with Gasteiger partial charge in [0.25, 0.3) is 0 Å². The van der Waals surface area contributed by atoms with Gasteiger partial charge in [-0.1, -0.05) is 55.4 Å². The third kappa shape index (κ3) is 3.93. The standard InChI is InChI=1S/C17H35/c1-13(2)11-17(12-14(3)4,15(5,6)7)16(8,9)10/h13H,11-12H2,1-10H3/q+1. The molecule has 0 radical (unpaired) electrons. The van der Waals surface area contributed by atoms with Gasteiger partial charge in [-0.25, -0.2) is 0 Å². The van der Waals surface area contributed by atoms with Gasteiger partial charge in [0.15, 0.2) is 0 Å². The van der Waals surface area contributed by atoms with Crippen LogP contribution in [0.25, 0.3) is 0 Å². The maximum Gasteiger partial charge on any atom is 0.0960 e. The van der Waals surface area contributed by atoms with Crippen LogP contribution in [0.15, 0.2) is 0 Å². The minimum absolute atomic E-state index is 0.340. The monoisotopic (exact) mass is 239 g/mol. The van der Waals surface area contributed by atoms with Gasteiger partial charge >= 0.3 is 0 Å². The summed E-state index contributed by atoms with van der Waals surface area (Å²) in [6.45, 7) is 23.8. The summed E-state index contributed by atoms with van der Waals surface area (Å²) in [6, 6.07) is 0. The third-order valence-corrected chi connectivity index (χ3v) is 4.28. The molecule has 0 aliphatic rings. The van der Waals surface area contributed by atoms with Crippen LogP contribution in [-0.2, 0) is 0 Å². The Kier molecular flexibility index (Phi) is 5.20. The molecular weight excluding hydrogens is 204 g/mol. The molecule has 0 aromatic carbocycles. The minimum Gasteiger partial charge on any atom is -0.0627 e. The van der Waals surface area contributed by atoms with Crippen molar-refractivity contribution in [3.63, 3.8) is 0 Å². The fourth-order valence-electron chi connectivity index (χ4n) is 3.64. The van der Waals surface area contributed by atoms with Crippen molar-refractivity contribution in [2.24, 2.45) is 22.2 Å². The van der Waals surface area contributed by atoms with Gasteiger partial charge in [-0.05, 0) is 23.2 Å². The predicted molar refractivity (Wildman–Crippen MR) is 80.0 cm³/mol. The van der Waals surface area contributed by atoms with Gasteiger partial charge in [-0.15, -0.1) is 0 Å². The van der Waals surface area contributed by atoms with E-state index in [1.807, 2.05) is 0 Å². The van der Waals surface area contributed by atoms with Crippen LogP contribution in [0, 0.1) is 28.1 Å². The van der Waals surface area contributed by atoms with Gasteiger partial charge in [-0.3, -0.25) is 0 Å². The highest BCUT2D eigenvalue weighted by Gasteiger charge is 2.53. The molecule has 0 heteroatoms. The Labute approximate surface area is 111 Å². The highest BCUT2D eigenvalue weighted by molar-refractivity contribution is 5.04. The molecule has 0 bridgehead atoms. The second-order valence-electron chi connectivity index (χ2n) is 8.56. The highest BCUT2D eigenvalue weighted by Crippen LogP contribution is 2.58. The van der Waals surface area contributed by atoms with Gasteiger partial charge in [0.2, 0.25) is 0 Å². The molecule has 0 heterocycles. The Bertz CT molecular complexity index is 193. The minimum atomic E-state index is 0.340. The first-order valence-corrected chi connectivity index (χ1v) is 7.12. The van der Waals surface area contributed by atoms with Crippen LogP contribution in [0.5, 0.6) is 0 Å². The molecule has 102 valence electrons. The number of hydrogen-bond donors (Lipinski definition) is 0. The smallest absolute Gasteiger partial charge is 0.0627 e. The van der Waals surface area contributed by atoms with E-state index in [0.29, 0.717) is 16.2 Å². The maximum atomic E-state index is 2.42. The van der Waals surface area contributed by atoms with Gasteiger partial charge in [-0.2, -0.15) is 0 Å². The Morgan fingerprint density at radius 2 is 1.18 bits per heavy atom. The molecule has 0 aromatic rings. The molecule has 0 saturated carbocycles. The molecule has 0 rings (SSSR count). The van der Waals surface area contributed by atoms with E-state index in [-0.39, 0.29) is 0 Å². The lowest BCUT2D eigenvalue weighted by molar-refractivity contribution is -0.0542. The van der Waals surface area contributed by atoms with Crippen LogP contribution >= 0.6 is 0 Å². The van der Waals surface area contributed by atoms with Gasteiger partial charge in [0.1, 0.15) is 0 Å². The molecule has 0 saturated heterocycles. The lowest BCUT2D eigenvalue weighted by Crippen LogP contribution is -2.48. The Morgan fingerprint density at radius 1 is 0.824 bits per heavy atom. The molecule has 0 aliphatic heterocycles. The fourth-order valence-corrected chi connectivity index (χ4v) is 3.64. The molecule has 0 spiro atoms. The second-order valence-corrected chi connectivity index (χ2v) is 8.56. The van der Waals surface area contributed by atoms with E-state index in [1.165, 1.54) is 12.8 Å². The van der Waals surface area contributed by atoms with Crippen molar-refractivity contribution in [1.29, 1.82) is 0 Å². The average molecular weight is 239 g/mol. The van der Waals surface area contributed by atoms with E-state index >= 15 is 0 Å². The van der Waals surface area contributed by atoms with Crippen molar-refractivity contribution in [2.45, 2.75) is 82.1 Å². The third-order valence-electron chi connectivity index (χ3n) is 4.28. The Balaban J connectivity index is 5.55. The van der Waals surface area contributed by atoms with Gasteiger partial charge < -0.3 is 0 Å². The fraction of sp³-hybridized carbons (Fsp3) is 0.941. The van der Waals surface area contributed by atoms with E-state index in [2.05, 4.69) is 69.2 Å². The molecule has 0 unspecified atom stereocenters. The zero-order valence-electron chi connectivity index (χ0n) is 14.0. The summed E-state index contributed by atoms with van der Waals surface area (Å²) in [5.74, 6) is 2.32. The lowest BCUT2D eigenvalue weighted by atomic mass is 9.49. The molecule has 0 nitrogen and oxygen atoms in total. The zero-order chi connectivity index (χ0) is 14.1. The highest BCUT2D eigenvalue weighted by atomic mass is 14.5. The maximum absolute atomic E-state index is 2.42. The van der Waals surface area contributed by atoms with Crippen molar-refractivity contribution >= 4 is 0 Å². The van der Waals surface area contributed by atoms with Crippen molar-refractivity contribution < 1.29 is 0 Å². The second kappa shape index (κ2) is 5.24. The normalized spacial score (nSPS) is 14.3. The largest absolute Gasteiger partial charge is 0.0960 e. The molecule has 0 fully saturated rings. The summed E-state index contributed by atoms with van der Waals surface area (Å²) in [4.78, 5) is 0. The van der Waals surface area contributed by atoms with Crippen molar-refractivity contribution in [2.75, 3.05) is 0 Å². The average Bonchev–Trinajstić information content (AvgIpc) is 1.96. The predicted octanol–water partition coefficient (Wildman–Crippen LogP) is 6.12. The molecule has 0 atom stereocenters. The SMILES string of the molecule is C[C+](C)CC(CC(C)C)(C(C)(C)C)C(C)(C)C.